The molecule has 1 saturated heterocycles. The Kier molecular flexibility index (Phi) is 3.26. The Labute approximate surface area is 139 Å². The van der Waals surface area contributed by atoms with Crippen LogP contribution in [-0.2, 0) is 9.59 Å². The molecule has 3 atom stereocenters. The lowest BCUT2D eigenvalue weighted by molar-refractivity contribution is -0.145. The van der Waals surface area contributed by atoms with Crippen LogP contribution in [0.5, 0.6) is 5.75 Å². The topological polar surface area (TPSA) is 80.3 Å². The molecule has 24 heavy (non-hydrogen) atoms. The normalized spacial score (nSPS) is 27.5. The average molecular weight is 323 g/mol. The highest BCUT2D eigenvalue weighted by Gasteiger charge is 2.51. The van der Waals surface area contributed by atoms with Crippen molar-refractivity contribution in [3.05, 3.63) is 54.2 Å². The highest BCUT2D eigenvalue weighted by molar-refractivity contribution is 6.07. The van der Waals surface area contributed by atoms with Gasteiger partial charge in [0.1, 0.15) is 17.5 Å². The van der Waals surface area contributed by atoms with E-state index >= 15 is 0 Å². The molecular formula is C18H17N3O3. The Morgan fingerprint density at radius 1 is 1.29 bits per heavy atom. The summed E-state index contributed by atoms with van der Waals surface area (Å²) >= 11 is 0. The predicted molar refractivity (Wildman–Crippen MR) is 87.3 cm³/mol. The molecule has 3 heterocycles. The van der Waals surface area contributed by atoms with Crippen molar-refractivity contribution < 1.29 is 14.3 Å². The largest absolute Gasteiger partial charge is 0.468 e. The highest BCUT2D eigenvalue weighted by Crippen LogP contribution is 2.46. The Hall–Kier alpha value is -2.89. The quantitative estimate of drug-likeness (QED) is 0.829. The summed E-state index contributed by atoms with van der Waals surface area (Å²) in [7, 11) is 0. The second-order valence-corrected chi connectivity index (χ2v) is 6.35. The zero-order valence-electron chi connectivity index (χ0n) is 13.2. The van der Waals surface area contributed by atoms with E-state index in [9.17, 15) is 9.59 Å². The number of ether oxygens (including phenoxy) is 1. The van der Waals surface area contributed by atoms with E-state index in [1.807, 2.05) is 31.2 Å². The Bertz CT molecular complexity index is 808. The molecule has 2 aromatic rings. The summed E-state index contributed by atoms with van der Waals surface area (Å²) in [6.45, 7) is 1.83. The van der Waals surface area contributed by atoms with E-state index in [-0.39, 0.29) is 17.7 Å². The second kappa shape index (κ2) is 5.33. The van der Waals surface area contributed by atoms with Gasteiger partial charge >= 0.3 is 0 Å². The van der Waals surface area contributed by atoms with Crippen molar-refractivity contribution in [3.8, 4) is 5.75 Å². The Balaban J connectivity index is 1.69. The van der Waals surface area contributed by atoms with Crippen molar-refractivity contribution in [1.82, 2.24) is 10.3 Å². The third-order valence-corrected chi connectivity index (χ3v) is 4.53. The molecule has 2 bridgehead atoms. The minimum atomic E-state index is -0.815. The minimum absolute atomic E-state index is 0.225. The average Bonchev–Trinajstić information content (AvgIpc) is 2.54. The number of anilines is 1. The van der Waals surface area contributed by atoms with E-state index in [4.69, 9.17) is 4.74 Å². The van der Waals surface area contributed by atoms with E-state index in [2.05, 4.69) is 15.6 Å². The molecule has 122 valence electrons. The number of aromatic nitrogens is 1. The van der Waals surface area contributed by atoms with E-state index in [1.54, 1.807) is 24.4 Å². The standard InChI is InChI=1S/C18H17N3O3/c1-18-10-12(11-6-2-3-7-13(11)24-18)15(17(23)21-18)16(22)20-14-8-4-5-9-19-14/h2-9,12,15H,10H2,1H3,(H,21,23)(H,19,20,22)/t12?,15?,18-/m1/s1. The number of rotatable bonds is 2. The molecule has 2 N–H and O–H groups in total. The molecular weight excluding hydrogens is 306 g/mol. The molecule has 1 fully saturated rings. The number of fused-ring (bicyclic) bond motifs is 4. The van der Waals surface area contributed by atoms with Crippen LogP contribution in [0.15, 0.2) is 48.7 Å². The fourth-order valence-electron chi connectivity index (χ4n) is 3.53. The van der Waals surface area contributed by atoms with Crippen LogP contribution in [0.1, 0.15) is 24.8 Å². The van der Waals surface area contributed by atoms with Gasteiger partial charge in [0.05, 0.1) is 0 Å². The first-order chi connectivity index (χ1) is 11.6. The van der Waals surface area contributed by atoms with Gasteiger partial charge in [-0.2, -0.15) is 0 Å². The summed E-state index contributed by atoms with van der Waals surface area (Å²) in [4.78, 5) is 29.4. The van der Waals surface area contributed by atoms with Crippen LogP contribution in [0.25, 0.3) is 0 Å². The van der Waals surface area contributed by atoms with Crippen LogP contribution < -0.4 is 15.4 Å². The van der Waals surface area contributed by atoms with E-state index in [0.717, 1.165) is 5.56 Å². The minimum Gasteiger partial charge on any atom is -0.468 e. The smallest absolute Gasteiger partial charge is 0.238 e. The van der Waals surface area contributed by atoms with Crippen LogP contribution in [0.2, 0.25) is 0 Å². The maximum absolute atomic E-state index is 12.7. The highest BCUT2D eigenvalue weighted by atomic mass is 16.5. The lowest BCUT2D eigenvalue weighted by Gasteiger charge is -2.46. The molecule has 0 saturated carbocycles. The number of carbonyl (C=O) groups excluding carboxylic acids is 2. The molecule has 4 rings (SSSR count). The summed E-state index contributed by atoms with van der Waals surface area (Å²) in [5, 5.41) is 5.58. The fraction of sp³-hybridized carbons (Fsp3) is 0.278. The molecule has 1 aromatic heterocycles. The number of nitrogens with zero attached hydrogens (tertiary/aromatic N) is 1. The lowest BCUT2D eigenvalue weighted by atomic mass is 9.74. The molecule has 2 aliphatic rings. The monoisotopic (exact) mass is 323 g/mol. The van der Waals surface area contributed by atoms with Gasteiger partial charge in [0, 0.05) is 18.5 Å². The van der Waals surface area contributed by atoms with Crippen LogP contribution in [0.3, 0.4) is 0 Å². The summed E-state index contributed by atoms with van der Waals surface area (Å²) in [6, 6.07) is 12.8. The number of pyridine rings is 1. The molecule has 0 spiro atoms. The molecule has 0 aliphatic carbocycles. The van der Waals surface area contributed by atoms with Crippen LogP contribution in [0.4, 0.5) is 5.82 Å². The number of carbonyl (C=O) groups is 2. The number of hydrogen-bond acceptors (Lipinski definition) is 4. The van der Waals surface area contributed by atoms with Crippen LogP contribution >= 0.6 is 0 Å². The first-order valence-corrected chi connectivity index (χ1v) is 7.88. The molecule has 2 aliphatic heterocycles. The Morgan fingerprint density at radius 3 is 2.88 bits per heavy atom. The predicted octanol–water partition coefficient (Wildman–Crippen LogP) is 2.05. The maximum atomic E-state index is 12.7. The first kappa shape index (κ1) is 14.7. The Morgan fingerprint density at radius 2 is 2.08 bits per heavy atom. The number of nitrogens with one attached hydrogen (secondary N) is 2. The van der Waals surface area contributed by atoms with Gasteiger partial charge in [-0.25, -0.2) is 4.98 Å². The van der Waals surface area contributed by atoms with Gasteiger partial charge < -0.3 is 15.4 Å². The van der Waals surface area contributed by atoms with Gasteiger partial charge in [-0.1, -0.05) is 24.3 Å². The third-order valence-electron chi connectivity index (χ3n) is 4.53. The van der Waals surface area contributed by atoms with Gasteiger partial charge in [-0.3, -0.25) is 9.59 Å². The summed E-state index contributed by atoms with van der Waals surface area (Å²) < 4.78 is 5.93. The number of para-hydroxylation sites is 1. The van der Waals surface area contributed by atoms with Gasteiger partial charge in [-0.15, -0.1) is 0 Å². The van der Waals surface area contributed by atoms with Crippen molar-refractivity contribution >= 4 is 17.6 Å². The van der Waals surface area contributed by atoms with Crippen molar-refractivity contribution in [2.75, 3.05) is 5.32 Å². The summed E-state index contributed by atoms with van der Waals surface area (Å²) in [5.74, 6) is -0.565. The van der Waals surface area contributed by atoms with E-state index in [0.29, 0.717) is 18.0 Å². The lowest BCUT2D eigenvalue weighted by Crippen LogP contribution is -2.62. The zero-order valence-corrected chi connectivity index (χ0v) is 13.2. The van der Waals surface area contributed by atoms with Gasteiger partial charge in [0.25, 0.3) is 0 Å². The molecule has 2 unspecified atom stereocenters. The third kappa shape index (κ3) is 2.40. The number of hydrogen-bond donors (Lipinski definition) is 2. The van der Waals surface area contributed by atoms with E-state index in [1.165, 1.54) is 0 Å². The second-order valence-electron chi connectivity index (χ2n) is 6.35. The van der Waals surface area contributed by atoms with Crippen LogP contribution in [0, 0.1) is 5.92 Å². The molecule has 1 aromatic carbocycles. The van der Waals surface area contributed by atoms with Gasteiger partial charge in [0.2, 0.25) is 11.8 Å². The fourth-order valence-corrected chi connectivity index (χ4v) is 3.53. The van der Waals surface area contributed by atoms with Gasteiger partial charge in [-0.05, 0) is 30.7 Å². The molecule has 6 heteroatoms. The van der Waals surface area contributed by atoms with Gasteiger partial charge in [0.15, 0.2) is 5.72 Å². The molecule has 6 nitrogen and oxygen atoms in total. The van der Waals surface area contributed by atoms with Crippen molar-refractivity contribution in [2.24, 2.45) is 5.92 Å². The van der Waals surface area contributed by atoms with Crippen molar-refractivity contribution in [1.29, 1.82) is 0 Å². The van der Waals surface area contributed by atoms with E-state index < -0.39 is 11.6 Å². The molecule has 2 amide bonds. The van der Waals surface area contributed by atoms with Crippen molar-refractivity contribution in [2.45, 2.75) is 25.0 Å². The number of piperidine rings is 1. The zero-order chi connectivity index (χ0) is 16.7. The maximum Gasteiger partial charge on any atom is 0.238 e. The van der Waals surface area contributed by atoms with Crippen molar-refractivity contribution in [3.63, 3.8) is 0 Å². The molecule has 0 radical (unpaired) electrons. The first-order valence-electron chi connectivity index (χ1n) is 7.88. The number of amides is 2. The summed E-state index contributed by atoms with van der Waals surface area (Å²) in [5.41, 5.74) is 0.115. The van der Waals surface area contributed by atoms with Crippen LogP contribution in [-0.4, -0.2) is 22.5 Å². The SMILES string of the molecule is C[C@]12CC(c3ccccc3O1)C(C(=O)Nc1ccccn1)C(=O)N2. The number of benzene rings is 1. The summed E-state index contributed by atoms with van der Waals surface area (Å²) in [6.07, 6.45) is 2.15.